The third kappa shape index (κ3) is 5.80. The number of carbonyl (C=O) groups excluding carboxylic acids is 1. The number of aliphatic carboxylic acids is 1. The van der Waals surface area contributed by atoms with E-state index in [0.717, 1.165) is 5.56 Å². The lowest BCUT2D eigenvalue weighted by molar-refractivity contribution is -0.137. The molecule has 6 heteroatoms. The van der Waals surface area contributed by atoms with Gasteiger partial charge in [0, 0.05) is 5.69 Å². The highest BCUT2D eigenvalue weighted by atomic mass is 16.5. The Morgan fingerprint density at radius 2 is 2.00 bits per heavy atom. The molecule has 0 fully saturated rings. The summed E-state index contributed by atoms with van der Waals surface area (Å²) in [6.45, 7) is 1.95. The number of carboxylic acids is 1. The van der Waals surface area contributed by atoms with E-state index in [1.165, 1.54) is 6.08 Å². The zero-order valence-electron chi connectivity index (χ0n) is 14.2. The van der Waals surface area contributed by atoms with Gasteiger partial charge in [-0.3, -0.25) is 9.59 Å². The van der Waals surface area contributed by atoms with E-state index < -0.39 is 11.9 Å². The minimum absolute atomic E-state index is 0.0431. The standard InChI is InChI=1S/C20H18N2O4/c1-14-4-2-6-17(10-14)22-20(25)16(13-21)11-15-5-3-7-18(12-15)26-9-8-19(23)24/h2-7,10-12H,8-9H2,1H3,(H,22,25)(H,23,24). The number of amides is 1. The number of benzene rings is 2. The molecule has 0 spiro atoms. The van der Waals surface area contributed by atoms with Crippen molar-refractivity contribution in [3.05, 3.63) is 65.2 Å². The molecule has 0 atom stereocenters. The van der Waals surface area contributed by atoms with Crippen molar-refractivity contribution in [1.82, 2.24) is 0 Å². The van der Waals surface area contributed by atoms with Crippen LogP contribution in [-0.4, -0.2) is 23.6 Å². The Morgan fingerprint density at radius 3 is 2.69 bits per heavy atom. The summed E-state index contributed by atoms with van der Waals surface area (Å²) in [6.07, 6.45) is 1.34. The molecule has 0 radical (unpaired) electrons. The first-order valence-corrected chi connectivity index (χ1v) is 7.92. The van der Waals surface area contributed by atoms with Crippen LogP contribution in [0.4, 0.5) is 5.69 Å². The van der Waals surface area contributed by atoms with Gasteiger partial charge in [-0.25, -0.2) is 0 Å². The van der Waals surface area contributed by atoms with Crippen LogP contribution in [0.2, 0.25) is 0 Å². The van der Waals surface area contributed by atoms with Crippen LogP contribution in [0.25, 0.3) is 6.08 Å². The van der Waals surface area contributed by atoms with E-state index in [9.17, 15) is 14.9 Å². The Labute approximate surface area is 151 Å². The van der Waals surface area contributed by atoms with E-state index in [4.69, 9.17) is 9.84 Å². The molecule has 2 aromatic rings. The van der Waals surface area contributed by atoms with Crippen molar-refractivity contribution in [2.75, 3.05) is 11.9 Å². The molecule has 2 N–H and O–H groups in total. The number of nitriles is 1. The maximum Gasteiger partial charge on any atom is 0.306 e. The Hall–Kier alpha value is -3.59. The number of nitrogens with one attached hydrogen (secondary N) is 1. The largest absolute Gasteiger partial charge is 0.493 e. The summed E-state index contributed by atoms with van der Waals surface area (Å²) in [6, 6.07) is 15.9. The van der Waals surface area contributed by atoms with Gasteiger partial charge in [-0.1, -0.05) is 24.3 Å². The van der Waals surface area contributed by atoms with Crippen LogP contribution in [0, 0.1) is 18.3 Å². The molecule has 0 bridgehead atoms. The quantitative estimate of drug-likeness (QED) is 0.589. The summed E-state index contributed by atoms with van der Waals surface area (Å²) >= 11 is 0. The van der Waals surface area contributed by atoms with Gasteiger partial charge in [-0.15, -0.1) is 0 Å². The maximum atomic E-state index is 12.3. The van der Waals surface area contributed by atoms with Crippen LogP contribution in [0.3, 0.4) is 0 Å². The van der Waals surface area contributed by atoms with Crippen LogP contribution in [0.1, 0.15) is 17.5 Å². The first-order valence-electron chi connectivity index (χ1n) is 7.92. The van der Waals surface area contributed by atoms with Crippen LogP contribution in [-0.2, 0) is 9.59 Å². The SMILES string of the molecule is Cc1cccc(NC(=O)C(C#N)=Cc2cccc(OCCC(=O)O)c2)c1. The number of anilines is 1. The van der Waals surface area contributed by atoms with Crippen molar-refractivity contribution in [1.29, 1.82) is 5.26 Å². The molecule has 2 aromatic carbocycles. The topological polar surface area (TPSA) is 99.4 Å². The minimum atomic E-state index is -0.944. The smallest absolute Gasteiger partial charge is 0.306 e. The molecule has 0 saturated heterocycles. The highest BCUT2D eigenvalue weighted by molar-refractivity contribution is 6.09. The van der Waals surface area contributed by atoms with Crippen molar-refractivity contribution < 1.29 is 19.4 Å². The molecular formula is C20H18N2O4. The lowest BCUT2D eigenvalue weighted by Gasteiger charge is -2.07. The lowest BCUT2D eigenvalue weighted by Crippen LogP contribution is -2.13. The number of aryl methyl sites for hydroxylation is 1. The van der Waals surface area contributed by atoms with Gasteiger partial charge >= 0.3 is 5.97 Å². The van der Waals surface area contributed by atoms with Crippen molar-refractivity contribution in [2.45, 2.75) is 13.3 Å². The molecule has 6 nitrogen and oxygen atoms in total. The van der Waals surface area contributed by atoms with Crippen molar-refractivity contribution >= 4 is 23.6 Å². The van der Waals surface area contributed by atoms with Gasteiger partial charge in [-0.2, -0.15) is 5.26 Å². The second-order valence-electron chi connectivity index (χ2n) is 5.56. The fourth-order valence-corrected chi connectivity index (χ4v) is 2.19. The molecule has 0 aliphatic carbocycles. The van der Waals surface area contributed by atoms with Gasteiger partial charge < -0.3 is 15.2 Å². The summed E-state index contributed by atoms with van der Waals surface area (Å²) in [4.78, 5) is 22.8. The summed E-state index contributed by atoms with van der Waals surface area (Å²) in [7, 11) is 0. The van der Waals surface area contributed by atoms with Crippen LogP contribution < -0.4 is 10.1 Å². The number of hydrogen-bond acceptors (Lipinski definition) is 4. The van der Waals surface area contributed by atoms with Crippen molar-refractivity contribution in [3.63, 3.8) is 0 Å². The number of carbonyl (C=O) groups is 2. The summed E-state index contributed by atoms with van der Waals surface area (Å²) < 4.78 is 5.35. The summed E-state index contributed by atoms with van der Waals surface area (Å²) in [5, 5.41) is 20.6. The predicted octanol–water partition coefficient (Wildman–Crippen LogP) is 3.39. The van der Waals surface area contributed by atoms with Gasteiger partial charge in [0.1, 0.15) is 17.4 Å². The molecule has 1 amide bonds. The maximum absolute atomic E-state index is 12.3. The minimum Gasteiger partial charge on any atom is -0.493 e. The highest BCUT2D eigenvalue weighted by Gasteiger charge is 2.10. The molecular weight excluding hydrogens is 332 g/mol. The molecule has 26 heavy (non-hydrogen) atoms. The molecule has 0 heterocycles. The molecule has 0 aliphatic heterocycles. The first-order chi connectivity index (χ1) is 12.5. The Morgan fingerprint density at radius 1 is 1.23 bits per heavy atom. The molecule has 132 valence electrons. The molecule has 0 saturated carbocycles. The number of hydrogen-bond donors (Lipinski definition) is 2. The van der Waals surface area contributed by atoms with E-state index in [2.05, 4.69) is 5.32 Å². The summed E-state index contributed by atoms with van der Waals surface area (Å²) in [5.74, 6) is -0.979. The normalized spacial score (nSPS) is 10.7. The number of rotatable bonds is 7. The average molecular weight is 350 g/mol. The molecule has 2 rings (SSSR count). The lowest BCUT2D eigenvalue weighted by atomic mass is 10.1. The van der Waals surface area contributed by atoms with Crippen LogP contribution in [0.15, 0.2) is 54.1 Å². The number of ether oxygens (including phenoxy) is 1. The van der Waals surface area contributed by atoms with Crippen molar-refractivity contribution in [2.24, 2.45) is 0 Å². The fraction of sp³-hybridized carbons (Fsp3) is 0.150. The first kappa shape index (κ1) is 18.7. The van der Waals surface area contributed by atoms with Gasteiger partial charge in [0.05, 0.1) is 13.0 Å². The number of nitrogens with zero attached hydrogens (tertiary/aromatic N) is 1. The highest BCUT2D eigenvalue weighted by Crippen LogP contribution is 2.17. The third-order valence-electron chi connectivity index (χ3n) is 3.39. The van der Waals surface area contributed by atoms with Gasteiger partial charge in [0.25, 0.3) is 5.91 Å². The zero-order valence-corrected chi connectivity index (χ0v) is 14.2. The van der Waals surface area contributed by atoms with E-state index >= 15 is 0 Å². The predicted molar refractivity (Wildman–Crippen MR) is 97.6 cm³/mol. The molecule has 0 aliphatic rings. The monoisotopic (exact) mass is 350 g/mol. The van der Waals surface area contributed by atoms with Crippen LogP contribution in [0.5, 0.6) is 5.75 Å². The molecule has 0 unspecified atom stereocenters. The third-order valence-corrected chi connectivity index (χ3v) is 3.39. The van der Waals surface area contributed by atoms with Gasteiger partial charge in [0.15, 0.2) is 0 Å². The van der Waals surface area contributed by atoms with E-state index in [1.807, 2.05) is 31.2 Å². The Bertz CT molecular complexity index is 881. The van der Waals surface area contributed by atoms with Crippen LogP contribution >= 0.6 is 0 Å². The Balaban J connectivity index is 2.11. The number of carboxylic acid groups (broad SMARTS) is 1. The second kappa shape index (κ2) is 9.04. The Kier molecular flexibility index (Phi) is 6.52. The zero-order chi connectivity index (χ0) is 18.9. The van der Waals surface area contributed by atoms with E-state index in [-0.39, 0.29) is 18.6 Å². The van der Waals surface area contributed by atoms with E-state index in [0.29, 0.717) is 17.0 Å². The van der Waals surface area contributed by atoms with Gasteiger partial charge in [-0.05, 0) is 48.4 Å². The summed E-state index contributed by atoms with van der Waals surface area (Å²) in [5.41, 5.74) is 2.17. The molecule has 0 aromatic heterocycles. The fourth-order valence-electron chi connectivity index (χ4n) is 2.19. The average Bonchev–Trinajstić information content (AvgIpc) is 2.59. The second-order valence-corrected chi connectivity index (χ2v) is 5.56. The van der Waals surface area contributed by atoms with E-state index in [1.54, 1.807) is 30.3 Å². The van der Waals surface area contributed by atoms with Gasteiger partial charge in [0.2, 0.25) is 0 Å². The van der Waals surface area contributed by atoms with Crippen molar-refractivity contribution in [3.8, 4) is 11.8 Å².